The molecule has 0 radical (unpaired) electrons. The topological polar surface area (TPSA) is 47.6 Å². The van der Waals surface area contributed by atoms with Crippen molar-refractivity contribution in [1.29, 1.82) is 0 Å². The van der Waals surface area contributed by atoms with Crippen LogP contribution in [0.2, 0.25) is 0 Å². The highest BCUT2D eigenvalue weighted by molar-refractivity contribution is 5.78. The maximum Gasteiger partial charge on any atom is 0.234 e. The molecule has 5 nitrogen and oxygen atoms in total. The molecule has 0 aliphatic carbocycles. The molecular weight excluding hydrogens is 264 g/mol. The van der Waals surface area contributed by atoms with Gasteiger partial charge in [-0.15, -0.1) is 0 Å². The van der Waals surface area contributed by atoms with Crippen LogP contribution < -0.4 is 10.6 Å². The van der Waals surface area contributed by atoms with Gasteiger partial charge in [-0.3, -0.25) is 14.6 Å². The lowest BCUT2D eigenvalue weighted by Crippen LogP contribution is -2.47. The largest absolute Gasteiger partial charge is 0.353 e. The molecule has 1 fully saturated rings. The van der Waals surface area contributed by atoms with E-state index in [-0.39, 0.29) is 11.9 Å². The quantitative estimate of drug-likeness (QED) is 0.660. The Balaban J connectivity index is 2.11. The number of nitrogens with one attached hydrogen (secondary N) is 2. The predicted octanol–water partition coefficient (Wildman–Crippen LogP) is 0.764. The van der Waals surface area contributed by atoms with Crippen LogP contribution in [0.3, 0.4) is 0 Å². The number of carbonyl (C=O) groups excluding carboxylic acids is 1. The molecule has 1 unspecified atom stereocenters. The molecule has 0 aromatic carbocycles. The van der Waals surface area contributed by atoms with Crippen molar-refractivity contribution < 1.29 is 4.79 Å². The lowest BCUT2D eigenvalue weighted by molar-refractivity contribution is -0.122. The van der Waals surface area contributed by atoms with E-state index in [1.807, 2.05) is 7.05 Å². The molecule has 1 amide bonds. The minimum Gasteiger partial charge on any atom is -0.353 e. The van der Waals surface area contributed by atoms with E-state index in [0.29, 0.717) is 12.5 Å². The molecule has 5 heteroatoms. The van der Waals surface area contributed by atoms with Crippen molar-refractivity contribution in [1.82, 2.24) is 20.4 Å². The standard InChI is InChI=1S/C16H34N4O/c1-14(2)5-6-15(3)18-16(21)13-19(4)11-12-20-9-7-17-8-10-20/h14-15,17H,5-13H2,1-4H3,(H,18,21). The van der Waals surface area contributed by atoms with Crippen LogP contribution in [0.4, 0.5) is 0 Å². The van der Waals surface area contributed by atoms with Gasteiger partial charge in [0.2, 0.25) is 5.91 Å². The van der Waals surface area contributed by atoms with Gasteiger partial charge in [-0.05, 0) is 32.7 Å². The summed E-state index contributed by atoms with van der Waals surface area (Å²) in [6.07, 6.45) is 2.23. The minimum absolute atomic E-state index is 0.147. The van der Waals surface area contributed by atoms with Gasteiger partial charge in [0.1, 0.15) is 0 Å². The first kappa shape index (κ1) is 18.4. The highest BCUT2D eigenvalue weighted by Gasteiger charge is 2.13. The van der Waals surface area contributed by atoms with Crippen molar-refractivity contribution in [2.75, 3.05) is 52.9 Å². The van der Waals surface area contributed by atoms with Crippen molar-refractivity contribution >= 4 is 5.91 Å². The summed E-state index contributed by atoms with van der Waals surface area (Å²) in [6, 6.07) is 0.279. The van der Waals surface area contributed by atoms with E-state index in [2.05, 4.69) is 41.2 Å². The second-order valence-corrected chi connectivity index (χ2v) is 6.77. The second kappa shape index (κ2) is 10.1. The molecule has 0 spiro atoms. The molecule has 1 atom stereocenters. The Labute approximate surface area is 130 Å². The molecule has 0 saturated carbocycles. The SMILES string of the molecule is CC(C)CCC(C)NC(=O)CN(C)CCN1CCNCC1. The number of rotatable bonds is 9. The molecule has 1 aliphatic rings. The lowest BCUT2D eigenvalue weighted by atomic mass is 10.0. The number of hydrogen-bond donors (Lipinski definition) is 2. The molecule has 2 N–H and O–H groups in total. The van der Waals surface area contributed by atoms with Gasteiger partial charge in [0.05, 0.1) is 6.54 Å². The van der Waals surface area contributed by atoms with Gasteiger partial charge in [0.25, 0.3) is 0 Å². The van der Waals surface area contributed by atoms with Crippen LogP contribution in [0.25, 0.3) is 0 Å². The van der Waals surface area contributed by atoms with E-state index in [1.165, 1.54) is 6.42 Å². The van der Waals surface area contributed by atoms with Crippen LogP contribution >= 0.6 is 0 Å². The lowest BCUT2D eigenvalue weighted by Gasteiger charge is -2.29. The normalized spacial score (nSPS) is 18.2. The van der Waals surface area contributed by atoms with Gasteiger partial charge in [-0.25, -0.2) is 0 Å². The molecule has 1 saturated heterocycles. The van der Waals surface area contributed by atoms with E-state index in [9.17, 15) is 4.79 Å². The van der Waals surface area contributed by atoms with Gasteiger partial charge in [-0.2, -0.15) is 0 Å². The van der Waals surface area contributed by atoms with Gasteiger partial charge in [-0.1, -0.05) is 13.8 Å². The Morgan fingerprint density at radius 3 is 2.52 bits per heavy atom. The van der Waals surface area contributed by atoms with E-state index < -0.39 is 0 Å². The Bertz CT molecular complexity index is 290. The van der Waals surface area contributed by atoms with Gasteiger partial charge < -0.3 is 10.6 Å². The van der Waals surface area contributed by atoms with E-state index in [0.717, 1.165) is 45.7 Å². The Morgan fingerprint density at radius 2 is 1.90 bits per heavy atom. The van der Waals surface area contributed by atoms with Crippen molar-refractivity contribution in [3.05, 3.63) is 0 Å². The number of nitrogens with zero attached hydrogens (tertiary/aromatic N) is 2. The minimum atomic E-state index is 0.147. The fourth-order valence-corrected chi connectivity index (χ4v) is 2.55. The highest BCUT2D eigenvalue weighted by Crippen LogP contribution is 2.06. The maximum absolute atomic E-state index is 12.0. The number of carbonyl (C=O) groups is 1. The van der Waals surface area contributed by atoms with Crippen LogP contribution in [-0.2, 0) is 4.79 Å². The van der Waals surface area contributed by atoms with Gasteiger partial charge >= 0.3 is 0 Å². The third-order valence-corrected chi connectivity index (χ3v) is 4.01. The average molecular weight is 298 g/mol. The molecular formula is C16H34N4O. The first-order valence-corrected chi connectivity index (χ1v) is 8.38. The van der Waals surface area contributed by atoms with Crippen LogP contribution in [0.1, 0.15) is 33.6 Å². The van der Waals surface area contributed by atoms with Crippen LogP contribution in [-0.4, -0.2) is 74.6 Å². The van der Waals surface area contributed by atoms with E-state index in [4.69, 9.17) is 0 Å². The smallest absolute Gasteiger partial charge is 0.234 e. The number of piperazine rings is 1. The van der Waals surface area contributed by atoms with Crippen LogP contribution in [0, 0.1) is 5.92 Å². The zero-order chi connectivity index (χ0) is 15.7. The number of amides is 1. The maximum atomic E-state index is 12.0. The Kier molecular flexibility index (Phi) is 8.88. The zero-order valence-electron chi connectivity index (χ0n) is 14.3. The zero-order valence-corrected chi connectivity index (χ0v) is 14.3. The molecule has 21 heavy (non-hydrogen) atoms. The Hall–Kier alpha value is -0.650. The summed E-state index contributed by atoms with van der Waals surface area (Å²) in [5.74, 6) is 0.847. The van der Waals surface area contributed by atoms with Crippen molar-refractivity contribution in [3.63, 3.8) is 0 Å². The summed E-state index contributed by atoms with van der Waals surface area (Å²) in [6.45, 7) is 13.4. The van der Waals surface area contributed by atoms with Crippen molar-refractivity contribution in [3.8, 4) is 0 Å². The number of hydrogen-bond acceptors (Lipinski definition) is 4. The predicted molar refractivity (Wildman–Crippen MR) is 88.5 cm³/mol. The molecule has 0 aromatic heterocycles. The summed E-state index contributed by atoms with van der Waals surface area (Å²) < 4.78 is 0. The summed E-state index contributed by atoms with van der Waals surface area (Å²) in [7, 11) is 2.03. The highest BCUT2D eigenvalue weighted by atomic mass is 16.2. The van der Waals surface area contributed by atoms with Crippen molar-refractivity contribution in [2.45, 2.75) is 39.7 Å². The molecule has 1 heterocycles. The molecule has 0 bridgehead atoms. The second-order valence-electron chi connectivity index (χ2n) is 6.77. The van der Waals surface area contributed by atoms with E-state index >= 15 is 0 Å². The third kappa shape index (κ3) is 9.06. The molecule has 1 aliphatic heterocycles. The molecule has 1 rings (SSSR count). The number of likely N-dealkylation sites (N-methyl/N-ethyl adjacent to an activating group) is 1. The summed E-state index contributed by atoms with van der Waals surface area (Å²) >= 11 is 0. The molecule has 124 valence electrons. The Morgan fingerprint density at radius 1 is 1.24 bits per heavy atom. The average Bonchev–Trinajstić information content (AvgIpc) is 2.44. The van der Waals surface area contributed by atoms with Crippen LogP contribution in [0.15, 0.2) is 0 Å². The summed E-state index contributed by atoms with van der Waals surface area (Å²) in [4.78, 5) is 16.6. The first-order chi connectivity index (χ1) is 9.97. The van der Waals surface area contributed by atoms with Gasteiger partial charge in [0.15, 0.2) is 0 Å². The third-order valence-electron chi connectivity index (χ3n) is 4.01. The fraction of sp³-hybridized carbons (Fsp3) is 0.938. The first-order valence-electron chi connectivity index (χ1n) is 8.38. The summed E-state index contributed by atoms with van der Waals surface area (Å²) in [5.41, 5.74) is 0. The summed E-state index contributed by atoms with van der Waals surface area (Å²) in [5, 5.41) is 6.46. The van der Waals surface area contributed by atoms with Gasteiger partial charge in [0, 0.05) is 45.3 Å². The van der Waals surface area contributed by atoms with E-state index in [1.54, 1.807) is 0 Å². The monoisotopic (exact) mass is 298 g/mol. The van der Waals surface area contributed by atoms with Crippen LogP contribution in [0.5, 0.6) is 0 Å². The van der Waals surface area contributed by atoms with Crippen molar-refractivity contribution in [2.24, 2.45) is 5.92 Å². The molecule has 0 aromatic rings. The fourth-order valence-electron chi connectivity index (χ4n) is 2.55.